The quantitative estimate of drug-likeness (QED) is 0.368. The molecule has 1 heterocycles. The second kappa shape index (κ2) is 8.41. The number of hydrogen-bond acceptors (Lipinski definition) is 6. The van der Waals surface area contributed by atoms with E-state index >= 15 is 0 Å². The van der Waals surface area contributed by atoms with Crippen molar-refractivity contribution in [2.24, 2.45) is 7.05 Å². The van der Waals surface area contributed by atoms with Gasteiger partial charge < -0.3 is 9.88 Å². The summed E-state index contributed by atoms with van der Waals surface area (Å²) in [5.74, 6) is 0.237. The highest BCUT2D eigenvalue weighted by atomic mass is 35.5. The van der Waals surface area contributed by atoms with Gasteiger partial charge in [-0.15, -0.1) is 10.2 Å². The molecule has 3 aromatic rings. The number of nitro groups is 1. The topological polar surface area (TPSA) is 103 Å². The van der Waals surface area contributed by atoms with E-state index < -0.39 is 4.92 Å². The maximum atomic E-state index is 12.3. The van der Waals surface area contributed by atoms with Crippen molar-refractivity contribution in [2.45, 2.75) is 12.1 Å². The fraction of sp³-hybridized carbons (Fsp3) is 0.167. The lowest BCUT2D eigenvalue weighted by Gasteiger charge is -2.07. The third kappa shape index (κ3) is 4.32. The molecule has 144 valence electrons. The Labute approximate surface area is 170 Å². The van der Waals surface area contributed by atoms with Crippen molar-refractivity contribution in [2.75, 3.05) is 11.1 Å². The van der Waals surface area contributed by atoms with Crippen molar-refractivity contribution < 1.29 is 9.72 Å². The standard InChI is InChI=1S/C18H16ClN5O3S/c1-11-7-8-14(15(9-11)24(26)27)20-16(25)10-28-18-22-21-17(23(18)2)12-5-3-4-6-13(12)19/h3-9H,10H2,1-2H3,(H,20,25). The molecule has 3 rings (SSSR count). The lowest BCUT2D eigenvalue weighted by molar-refractivity contribution is -0.384. The molecule has 0 aliphatic carbocycles. The number of carbonyl (C=O) groups excluding carboxylic acids is 1. The summed E-state index contributed by atoms with van der Waals surface area (Å²) < 4.78 is 1.74. The summed E-state index contributed by atoms with van der Waals surface area (Å²) in [6, 6.07) is 11.9. The Morgan fingerprint density at radius 3 is 2.75 bits per heavy atom. The van der Waals surface area contributed by atoms with Crippen molar-refractivity contribution in [1.82, 2.24) is 14.8 Å². The predicted octanol–water partition coefficient (Wildman–Crippen LogP) is 4.08. The van der Waals surface area contributed by atoms with Crippen molar-refractivity contribution in [1.29, 1.82) is 0 Å². The largest absolute Gasteiger partial charge is 0.320 e. The first-order valence-electron chi connectivity index (χ1n) is 8.19. The van der Waals surface area contributed by atoms with Crippen LogP contribution in [0.1, 0.15) is 5.56 Å². The van der Waals surface area contributed by atoms with Gasteiger partial charge in [-0.3, -0.25) is 14.9 Å². The first-order valence-corrected chi connectivity index (χ1v) is 9.55. The van der Waals surface area contributed by atoms with Crippen LogP contribution in [-0.2, 0) is 11.8 Å². The second-order valence-electron chi connectivity index (χ2n) is 5.96. The average Bonchev–Trinajstić information content (AvgIpc) is 3.02. The van der Waals surface area contributed by atoms with Crippen LogP contribution in [0.5, 0.6) is 0 Å². The summed E-state index contributed by atoms with van der Waals surface area (Å²) >= 11 is 7.38. The van der Waals surface area contributed by atoms with E-state index in [1.165, 1.54) is 23.9 Å². The average molecular weight is 418 g/mol. The summed E-state index contributed by atoms with van der Waals surface area (Å²) in [7, 11) is 1.78. The van der Waals surface area contributed by atoms with Gasteiger partial charge in [-0.05, 0) is 30.7 Å². The van der Waals surface area contributed by atoms with Gasteiger partial charge in [0.15, 0.2) is 11.0 Å². The fourth-order valence-electron chi connectivity index (χ4n) is 2.53. The Morgan fingerprint density at radius 1 is 1.29 bits per heavy atom. The van der Waals surface area contributed by atoms with E-state index in [1.807, 2.05) is 18.2 Å². The highest BCUT2D eigenvalue weighted by Crippen LogP contribution is 2.29. The van der Waals surface area contributed by atoms with Crippen LogP contribution in [0.4, 0.5) is 11.4 Å². The zero-order valence-electron chi connectivity index (χ0n) is 15.0. The first kappa shape index (κ1) is 19.8. The van der Waals surface area contributed by atoms with Crippen LogP contribution < -0.4 is 5.32 Å². The molecular formula is C18H16ClN5O3S. The van der Waals surface area contributed by atoms with E-state index in [9.17, 15) is 14.9 Å². The zero-order chi connectivity index (χ0) is 20.3. The van der Waals surface area contributed by atoms with Gasteiger partial charge in [0, 0.05) is 18.7 Å². The van der Waals surface area contributed by atoms with Gasteiger partial charge in [-0.2, -0.15) is 0 Å². The van der Waals surface area contributed by atoms with Gasteiger partial charge in [0.2, 0.25) is 5.91 Å². The van der Waals surface area contributed by atoms with E-state index in [2.05, 4.69) is 15.5 Å². The highest BCUT2D eigenvalue weighted by Gasteiger charge is 2.18. The molecule has 0 atom stereocenters. The van der Waals surface area contributed by atoms with E-state index in [0.717, 1.165) is 11.1 Å². The summed E-state index contributed by atoms with van der Waals surface area (Å²) in [4.78, 5) is 22.9. The van der Waals surface area contributed by atoms with Gasteiger partial charge in [0.25, 0.3) is 5.69 Å². The minimum atomic E-state index is -0.520. The number of benzene rings is 2. The van der Waals surface area contributed by atoms with Gasteiger partial charge in [0.05, 0.1) is 15.7 Å². The van der Waals surface area contributed by atoms with Gasteiger partial charge in [0.1, 0.15) is 5.69 Å². The molecule has 0 unspecified atom stereocenters. The number of amides is 1. The van der Waals surface area contributed by atoms with Gasteiger partial charge >= 0.3 is 0 Å². The van der Waals surface area contributed by atoms with E-state index in [1.54, 1.807) is 30.7 Å². The van der Waals surface area contributed by atoms with Crippen molar-refractivity contribution in [3.8, 4) is 11.4 Å². The molecule has 0 saturated carbocycles. The molecule has 0 radical (unpaired) electrons. The predicted molar refractivity (Wildman–Crippen MR) is 109 cm³/mol. The maximum absolute atomic E-state index is 12.3. The number of carbonyl (C=O) groups is 1. The molecule has 10 heteroatoms. The van der Waals surface area contributed by atoms with E-state index in [4.69, 9.17) is 11.6 Å². The fourth-order valence-corrected chi connectivity index (χ4v) is 3.46. The van der Waals surface area contributed by atoms with Gasteiger partial charge in [-0.1, -0.05) is 41.6 Å². The van der Waals surface area contributed by atoms with E-state index in [-0.39, 0.29) is 23.0 Å². The normalized spacial score (nSPS) is 10.7. The molecule has 0 spiro atoms. The van der Waals surface area contributed by atoms with Gasteiger partial charge in [-0.25, -0.2) is 0 Å². The minimum Gasteiger partial charge on any atom is -0.320 e. The highest BCUT2D eigenvalue weighted by molar-refractivity contribution is 7.99. The Bertz CT molecular complexity index is 1050. The second-order valence-corrected chi connectivity index (χ2v) is 7.31. The van der Waals surface area contributed by atoms with Crippen LogP contribution in [0.15, 0.2) is 47.6 Å². The lowest BCUT2D eigenvalue weighted by atomic mass is 10.2. The number of nitrogens with zero attached hydrogens (tertiary/aromatic N) is 4. The number of halogens is 1. The third-order valence-electron chi connectivity index (χ3n) is 3.91. The zero-order valence-corrected chi connectivity index (χ0v) is 16.6. The molecule has 0 aliphatic heterocycles. The molecule has 0 saturated heterocycles. The monoisotopic (exact) mass is 417 g/mol. The smallest absolute Gasteiger partial charge is 0.293 e. The number of nitrogens with one attached hydrogen (secondary N) is 1. The molecule has 0 bridgehead atoms. The molecule has 28 heavy (non-hydrogen) atoms. The number of nitro benzene ring substituents is 1. The summed E-state index contributed by atoms with van der Waals surface area (Å²) in [5.41, 5.74) is 1.50. The molecule has 2 aromatic carbocycles. The van der Waals surface area contributed by atoms with Crippen LogP contribution >= 0.6 is 23.4 Å². The number of anilines is 1. The molecular weight excluding hydrogens is 402 g/mol. The molecule has 1 N–H and O–H groups in total. The van der Waals surface area contributed by atoms with Crippen molar-refractivity contribution in [3.05, 3.63) is 63.2 Å². The first-order chi connectivity index (χ1) is 13.4. The molecule has 0 aliphatic rings. The molecule has 0 fully saturated rings. The Hall–Kier alpha value is -2.91. The number of aromatic nitrogens is 3. The Balaban J connectivity index is 1.70. The number of hydrogen-bond donors (Lipinski definition) is 1. The SMILES string of the molecule is Cc1ccc(NC(=O)CSc2nnc(-c3ccccc3Cl)n2C)c([N+](=O)[O-])c1. The van der Waals surface area contributed by atoms with Crippen molar-refractivity contribution in [3.63, 3.8) is 0 Å². The van der Waals surface area contributed by atoms with Crippen LogP contribution in [0.25, 0.3) is 11.4 Å². The Morgan fingerprint density at radius 2 is 2.04 bits per heavy atom. The summed E-state index contributed by atoms with van der Waals surface area (Å²) in [6.45, 7) is 1.75. The Kier molecular flexibility index (Phi) is 5.96. The lowest BCUT2D eigenvalue weighted by Crippen LogP contribution is -2.15. The maximum Gasteiger partial charge on any atom is 0.293 e. The molecule has 1 amide bonds. The summed E-state index contributed by atoms with van der Waals surface area (Å²) in [5, 5.41) is 23.1. The number of rotatable bonds is 6. The third-order valence-corrected chi connectivity index (χ3v) is 5.26. The summed E-state index contributed by atoms with van der Waals surface area (Å²) in [6.07, 6.45) is 0. The van der Waals surface area contributed by atoms with Crippen LogP contribution in [0, 0.1) is 17.0 Å². The van der Waals surface area contributed by atoms with Crippen LogP contribution in [0.3, 0.4) is 0 Å². The van der Waals surface area contributed by atoms with Crippen molar-refractivity contribution >= 4 is 40.6 Å². The number of aryl methyl sites for hydroxylation is 1. The van der Waals surface area contributed by atoms with Crippen LogP contribution in [-0.4, -0.2) is 31.3 Å². The van der Waals surface area contributed by atoms with E-state index in [0.29, 0.717) is 16.0 Å². The van der Waals surface area contributed by atoms with Crippen LogP contribution in [0.2, 0.25) is 5.02 Å². The molecule has 8 nitrogen and oxygen atoms in total. The minimum absolute atomic E-state index is 0.0273. The molecule has 1 aromatic heterocycles. The number of thioether (sulfide) groups is 1.